The van der Waals surface area contributed by atoms with E-state index in [-0.39, 0.29) is 16.2 Å². The van der Waals surface area contributed by atoms with E-state index in [0.29, 0.717) is 5.13 Å². The van der Waals surface area contributed by atoms with Crippen molar-refractivity contribution in [3.8, 4) is 5.69 Å². The zero-order chi connectivity index (χ0) is 18.8. The molecule has 0 fully saturated rings. The van der Waals surface area contributed by atoms with Gasteiger partial charge in [0.25, 0.3) is 10.8 Å². The quantitative estimate of drug-likeness (QED) is 0.516. The number of nitrogens with two attached hydrogens (primary N) is 1. The number of aromatic nitrogens is 3. The number of hydrogen-bond acceptors (Lipinski definition) is 7. The highest BCUT2D eigenvalue weighted by atomic mass is 32.2. The number of amides is 1. The van der Waals surface area contributed by atoms with Crippen LogP contribution in [-0.2, 0) is 12.8 Å². The first-order valence-electron chi connectivity index (χ1n) is 8.52. The summed E-state index contributed by atoms with van der Waals surface area (Å²) >= 11 is 2.33. The molecule has 2 heterocycles. The minimum absolute atomic E-state index is 0.213. The van der Waals surface area contributed by atoms with Crippen LogP contribution in [0.5, 0.6) is 0 Å². The van der Waals surface area contributed by atoms with Crippen molar-refractivity contribution >= 4 is 39.3 Å². The summed E-state index contributed by atoms with van der Waals surface area (Å²) in [5.41, 5.74) is 7.33. The Hall–Kier alpha value is -2.65. The van der Waals surface area contributed by atoms with Crippen LogP contribution in [0.3, 0.4) is 0 Å². The number of nitrogen functional groups attached to an aromatic ring is 1. The Labute approximate surface area is 163 Å². The molecule has 1 amide bonds. The van der Waals surface area contributed by atoms with Crippen molar-refractivity contribution in [1.82, 2.24) is 14.5 Å². The second kappa shape index (κ2) is 7.53. The third-order valence-corrected chi connectivity index (χ3v) is 6.00. The van der Waals surface area contributed by atoms with Crippen LogP contribution in [0.2, 0.25) is 0 Å². The van der Waals surface area contributed by atoms with Crippen LogP contribution in [0, 0.1) is 0 Å². The van der Waals surface area contributed by atoms with E-state index >= 15 is 0 Å². The zero-order valence-corrected chi connectivity index (χ0v) is 16.0. The molecule has 1 aromatic carbocycles. The average molecular weight is 400 g/mol. The molecular formula is C18H17N5O2S2. The number of fused-ring (bicyclic) bond motifs is 1. The lowest BCUT2D eigenvalue weighted by Gasteiger charge is -2.14. The maximum Gasteiger partial charge on any atom is 0.292 e. The molecule has 1 aliphatic rings. The number of hydrogen-bond donors (Lipinski definition) is 2. The van der Waals surface area contributed by atoms with Gasteiger partial charge in [0, 0.05) is 28.4 Å². The lowest BCUT2D eigenvalue weighted by molar-refractivity contribution is 0.269. The van der Waals surface area contributed by atoms with Crippen molar-refractivity contribution in [2.45, 2.75) is 30.8 Å². The van der Waals surface area contributed by atoms with E-state index in [0.717, 1.165) is 48.8 Å². The van der Waals surface area contributed by atoms with Crippen LogP contribution in [0.4, 0.5) is 15.7 Å². The number of carbonyl (C=O) groups excluding carboxylic acids is 1. The molecule has 0 radical (unpaired) electrons. The van der Waals surface area contributed by atoms with Crippen LogP contribution in [0.1, 0.15) is 23.4 Å². The predicted octanol–water partition coefficient (Wildman–Crippen LogP) is 3.47. The maximum atomic E-state index is 12.5. The van der Waals surface area contributed by atoms with Crippen LogP contribution < -0.4 is 16.6 Å². The summed E-state index contributed by atoms with van der Waals surface area (Å²) in [6.45, 7) is 0. The number of anilines is 2. The third kappa shape index (κ3) is 3.88. The Balaban J connectivity index is 1.59. The van der Waals surface area contributed by atoms with Crippen molar-refractivity contribution < 1.29 is 4.79 Å². The molecule has 4 rings (SSSR count). The van der Waals surface area contributed by atoms with Gasteiger partial charge in [-0.25, -0.2) is 4.98 Å². The van der Waals surface area contributed by atoms with Gasteiger partial charge in [0.2, 0.25) is 0 Å². The molecule has 0 spiro atoms. The number of aryl methyl sites for hydroxylation is 2. The highest BCUT2D eigenvalue weighted by Crippen LogP contribution is 2.31. The van der Waals surface area contributed by atoms with Gasteiger partial charge in [0.1, 0.15) is 5.82 Å². The number of thioether (sulfide) groups is 1. The lowest BCUT2D eigenvalue weighted by atomic mass is 10.0. The van der Waals surface area contributed by atoms with E-state index in [9.17, 15) is 9.59 Å². The molecule has 0 aliphatic heterocycles. The highest BCUT2D eigenvalue weighted by Gasteiger charge is 2.19. The average Bonchev–Trinajstić information content (AvgIpc) is 3.04. The Morgan fingerprint density at radius 1 is 1.19 bits per heavy atom. The normalized spacial score (nSPS) is 13.2. The van der Waals surface area contributed by atoms with Crippen molar-refractivity contribution in [3.63, 3.8) is 0 Å². The number of rotatable bonds is 3. The molecule has 3 N–H and O–H groups in total. The van der Waals surface area contributed by atoms with Crippen LogP contribution >= 0.6 is 23.1 Å². The zero-order valence-electron chi connectivity index (χ0n) is 14.3. The molecule has 27 heavy (non-hydrogen) atoms. The van der Waals surface area contributed by atoms with Gasteiger partial charge in [-0.1, -0.05) is 18.2 Å². The number of carbonyl (C=O) groups is 1. The van der Waals surface area contributed by atoms with Crippen molar-refractivity contribution in [3.05, 3.63) is 57.3 Å². The second-order valence-corrected chi connectivity index (χ2v) is 8.11. The van der Waals surface area contributed by atoms with E-state index in [1.165, 1.54) is 22.3 Å². The summed E-state index contributed by atoms with van der Waals surface area (Å²) in [6, 6.07) is 10.5. The van der Waals surface area contributed by atoms with Crippen molar-refractivity contribution in [1.29, 1.82) is 0 Å². The molecule has 1 aliphatic carbocycles. The van der Waals surface area contributed by atoms with Gasteiger partial charge in [-0.05, 0) is 37.8 Å². The molecule has 0 atom stereocenters. The summed E-state index contributed by atoms with van der Waals surface area (Å²) < 4.78 is 1.58. The molecule has 0 unspecified atom stereocenters. The van der Waals surface area contributed by atoms with Gasteiger partial charge in [0.05, 0.1) is 5.69 Å². The molecule has 2 aromatic heterocycles. The van der Waals surface area contributed by atoms with Gasteiger partial charge in [-0.3, -0.25) is 19.5 Å². The number of para-hydroxylation sites is 1. The molecule has 0 saturated heterocycles. The van der Waals surface area contributed by atoms with Gasteiger partial charge >= 0.3 is 0 Å². The van der Waals surface area contributed by atoms with E-state index in [2.05, 4.69) is 15.3 Å². The summed E-state index contributed by atoms with van der Waals surface area (Å²) in [4.78, 5) is 34.0. The number of nitrogens with one attached hydrogen (secondary N) is 1. The molecule has 3 aromatic rings. The summed E-state index contributed by atoms with van der Waals surface area (Å²) in [5.74, 6) is 0.223. The predicted molar refractivity (Wildman–Crippen MR) is 108 cm³/mol. The molecule has 9 heteroatoms. The van der Waals surface area contributed by atoms with Gasteiger partial charge < -0.3 is 5.73 Å². The monoisotopic (exact) mass is 399 g/mol. The Kier molecular flexibility index (Phi) is 4.95. The first-order chi connectivity index (χ1) is 13.1. The summed E-state index contributed by atoms with van der Waals surface area (Å²) in [6.07, 6.45) is 4.27. The second-order valence-electron chi connectivity index (χ2n) is 6.08. The van der Waals surface area contributed by atoms with Crippen molar-refractivity contribution in [2.24, 2.45) is 0 Å². The van der Waals surface area contributed by atoms with Gasteiger partial charge in [-0.2, -0.15) is 4.98 Å². The highest BCUT2D eigenvalue weighted by molar-refractivity contribution is 8.13. The van der Waals surface area contributed by atoms with E-state index in [1.54, 1.807) is 4.57 Å². The Morgan fingerprint density at radius 2 is 1.96 bits per heavy atom. The molecule has 0 saturated carbocycles. The standard InChI is InChI=1S/C18H17N5O2S2/c19-14-10-15(24)21-17(23(14)11-6-2-1-3-7-11)27-18(25)22-16-20-12-8-4-5-9-13(12)26-16/h1-3,6-7,10H,4-5,8-9,19H2,(H,20,22,25). The Morgan fingerprint density at radius 3 is 2.74 bits per heavy atom. The maximum absolute atomic E-state index is 12.5. The van der Waals surface area contributed by atoms with Crippen LogP contribution in [-0.4, -0.2) is 19.8 Å². The fraction of sp³-hybridized carbons (Fsp3) is 0.222. The molecule has 0 bridgehead atoms. The summed E-state index contributed by atoms with van der Waals surface area (Å²) in [7, 11) is 0. The number of benzene rings is 1. The largest absolute Gasteiger partial charge is 0.385 e. The van der Waals surface area contributed by atoms with Crippen LogP contribution in [0.15, 0.2) is 46.3 Å². The molecule has 138 valence electrons. The minimum atomic E-state index is -0.486. The first kappa shape index (κ1) is 17.7. The Bertz CT molecular complexity index is 1020. The van der Waals surface area contributed by atoms with Crippen molar-refractivity contribution in [2.75, 3.05) is 11.1 Å². The van der Waals surface area contributed by atoms with E-state index < -0.39 is 5.56 Å². The molecular weight excluding hydrogens is 382 g/mol. The van der Waals surface area contributed by atoms with E-state index in [1.807, 2.05) is 30.3 Å². The SMILES string of the molecule is Nc1cc(=O)nc(SC(=O)Nc2nc3c(s2)CCCC3)n1-c1ccccc1. The van der Waals surface area contributed by atoms with E-state index in [4.69, 9.17) is 5.73 Å². The van der Waals surface area contributed by atoms with Gasteiger partial charge in [-0.15, -0.1) is 11.3 Å². The molecule has 7 nitrogen and oxygen atoms in total. The fourth-order valence-corrected chi connectivity index (χ4v) is 4.85. The number of nitrogens with zero attached hydrogens (tertiary/aromatic N) is 3. The minimum Gasteiger partial charge on any atom is -0.385 e. The fourth-order valence-electron chi connectivity index (χ4n) is 2.98. The van der Waals surface area contributed by atoms with Gasteiger partial charge in [0.15, 0.2) is 10.3 Å². The first-order valence-corrected chi connectivity index (χ1v) is 10.2. The van der Waals surface area contributed by atoms with Crippen LogP contribution in [0.25, 0.3) is 5.69 Å². The lowest BCUT2D eigenvalue weighted by Crippen LogP contribution is -2.18. The summed E-state index contributed by atoms with van der Waals surface area (Å²) in [5, 5.41) is 3.24. The topological polar surface area (TPSA) is 103 Å². The number of thiazole rings is 1. The third-order valence-electron chi connectivity index (χ3n) is 4.18. The smallest absolute Gasteiger partial charge is 0.292 e.